The summed E-state index contributed by atoms with van der Waals surface area (Å²) in [6.07, 6.45) is 5.14. The molecule has 1 aromatic carbocycles. The van der Waals surface area contributed by atoms with Crippen LogP contribution in [0.2, 0.25) is 0 Å². The molecule has 0 atom stereocenters. The number of pyridine rings is 2. The van der Waals surface area contributed by atoms with Gasteiger partial charge in [-0.3, -0.25) is 14.7 Å². The minimum atomic E-state index is -0.121. The van der Waals surface area contributed by atoms with E-state index in [1.54, 1.807) is 12.4 Å². The van der Waals surface area contributed by atoms with Crippen LogP contribution >= 0.6 is 0 Å². The van der Waals surface area contributed by atoms with Crippen molar-refractivity contribution in [2.75, 3.05) is 31.9 Å². The third kappa shape index (κ3) is 5.07. The Hall–Kier alpha value is -3.03. The number of nitrogens with two attached hydrogens (primary N) is 1. The Kier molecular flexibility index (Phi) is 6.74. The van der Waals surface area contributed by atoms with Gasteiger partial charge in [0.15, 0.2) is 0 Å². The normalized spacial score (nSPS) is 14.3. The van der Waals surface area contributed by atoms with Crippen LogP contribution in [0.25, 0.3) is 10.8 Å². The SMILES string of the molecule is C.Nc1nccc2cc(CNC(=O)c3cncc(CN4CCNCC4)c3)ccc12. The Labute approximate surface area is 171 Å². The molecule has 1 aliphatic rings. The molecule has 3 heterocycles. The zero-order chi connectivity index (χ0) is 19.3. The Bertz CT molecular complexity index is 984. The number of aromatic nitrogens is 2. The van der Waals surface area contributed by atoms with E-state index < -0.39 is 0 Å². The molecule has 29 heavy (non-hydrogen) atoms. The fourth-order valence-electron chi connectivity index (χ4n) is 3.47. The number of amides is 1. The first-order chi connectivity index (χ1) is 13.7. The average molecular weight is 393 g/mol. The number of benzene rings is 1. The van der Waals surface area contributed by atoms with E-state index in [4.69, 9.17) is 5.73 Å². The number of hydrogen-bond acceptors (Lipinski definition) is 6. The second kappa shape index (κ2) is 9.45. The van der Waals surface area contributed by atoms with Crippen molar-refractivity contribution in [3.8, 4) is 0 Å². The van der Waals surface area contributed by atoms with Crippen LogP contribution in [0.1, 0.15) is 28.9 Å². The number of carbonyl (C=O) groups excluding carboxylic acids is 1. The van der Waals surface area contributed by atoms with Crippen molar-refractivity contribution >= 4 is 22.5 Å². The fourth-order valence-corrected chi connectivity index (χ4v) is 3.47. The molecular weight excluding hydrogens is 364 g/mol. The van der Waals surface area contributed by atoms with Gasteiger partial charge in [0.05, 0.1) is 5.56 Å². The third-order valence-corrected chi connectivity index (χ3v) is 4.99. The van der Waals surface area contributed by atoms with Gasteiger partial charge in [0.2, 0.25) is 0 Å². The number of nitrogen functional groups attached to an aromatic ring is 1. The molecule has 0 spiro atoms. The first-order valence-corrected chi connectivity index (χ1v) is 9.47. The first-order valence-electron chi connectivity index (χ1n) is 9.47. The molecule has 2 aromatic heterocycles. The van der Waals surface area contributed by atoms with Crippen molar-refractivity contribution in [2.45, 2.75) is 20.5 Å². The third-order valence-electron chi connectivity index (χ3n) is 4.99. The maximum Gasteiger partial charge on any atom is 0.253 e. The molecule has 4 N–H and O–H groups in total. The predicted molar refractivity (Wildman–Crippen MR) is 116 cm³/mol. The minimum Gasteiger partial charge on any atom is -0.383 e. The van der Waals surface area contributed by atoms with Gasteiger partial charge >= 0.3 is 0 Å². The molecule has 1 saturated heterocycles. The zero-order valence-corrected chi connectivity index (χ0v) is 15.7. The van der Waals surface area contributed by atoms with Crippen LogP contribution in [0.5, 0.6) is 0 Å². The molecule has 7 heteroatoms. The van der Waals surface area contributed by atoms with E-state index in [1.807, 2.05) is 36.5 Å². The molecule has 0 saturated carbocycles. The number of nitrogens with zero attached hydrogens (tertiary/aromatic N) is 3. The maximum absolute atomic E-state index is 12.6. The summed E-state index contributed by atoms with van der Waals surface area (Å²) in [5, 5.41) is 8.25. The zero-order valence-electron chi connectivity index (χ0n) is 15.7. The number of hydrogen-bond donors (Lipinski definition) is 3. The topological polar surface area (TPSA) is 96.2 Å². The van der Waals surface area contributed by atoms with Crippen molar-refractivity contribution in [1.29, 1.82) is 0 Å². The highest BCUT2D eigenvalue weighted by atomic mass is 16.1. The van der Waals surface area contributed by atoms with Crippen LogP contribution in [0, 0.1) is 0 Å². The van der Waals surface area contributed by atoms with Crippen molar-refractivity contribution in [1.82, 2.24) is 25.5 Å². The van der Waals surface area contributed by atoms with Crippen LogP contribution in [0.4, 0.5) is 5.82 Å². The Morgan fingerprint density at radius 2 is 1.97 bits per heavy atom. The summed E-state index contributed by atoms with van der Waals surface area (Å²) >= 11 is 0. The lowest BCUT2D eigenvalue weighted by Crippen LogP contribution is -2.42. The molecule has 1 amide bonds. The van der Waals surface area contributed by atoms with Crippen LogP contribution in [0.3, 0.4) is 0 Å². The summed E-state index contributed by atoms with van der Waals surface area (Å²) in [5.41, 5.74) is 8.55. The van der Waals surface area contributed by atoms with Gasteiger partial charge in [-0.05, 0) is 34.7 Å². The van der Waals surface area contributed by atoms with Gasteiger partial charge in [-0.15, -0.1) is 0 Å². The number of piperazine rings is 1. The summed E-state index contributed by atoms with van der Waals surface area (Å²) < 4.78 is 0. The number of nitrogens with one attached hydrogen (secondary N) is 2. The van der Waals surface area contributed by atoms with Crippen LogP contribution in [-0.4, -0.2) is 47.0 Å². The van der Waals surface area contributed by atoms with Crippen LogP contribution < -0.4 is 16.4 Å². The summed E-state index contributed by atoms with van der Waals surface area (Å²) in [6, 6.07) is 9.76. The fraction of sp³-hybridized carbons (Fsp3) is 0.318. The van der Waals surface area contributed by atoms with Crippen molar-refractivity contribution in [3.05, 3.63) is 65.6 Å². The molecular formula is C22H28N6O. The molecule has 1 fully saturated rings. The van der Waals surface area contributed by atoms with Gasteiger partial charge < -0.3 is 16.4 Å². The molecule has 0 aliphatic carbocycles. The van der Waals surface area contributed by atoms with E-state index in [0.29, 0.717) is 17.9 Å². The second-order valence-electron chi connectivity index (χ2n) is 7.04. The summed E-state index contributed by atoms with van der Waals surface area (Å²) in [7, 11) is 0. The lowest BCUT2D eigenvalue weighted by atomic mass is 10.1. The van der Waals surface area contributed by atoms with E-state index >= 15 is 0 Å². The summed E-state index contributed by atoms with van der Waals surface area (Å²) in [6.45, 7) is 5.29. The lowest BCUT2D eigenvalue weighted by molar-refractivity contribution is 0.0950. The molecule has 4 rings (SSSR count). The highest BCUT2D eigenvalue weighted by molar-refractivity contribution is 5.94. The number of rotatable bonds is 5. The van der Waals surface area contributed by atoms with Crippen molar-refractivity contribution < 1.29 is 4.79 Å². The van der Waals surface area contributed by atoms with E-state index in [9.17, 15) is 4.79 Å². The Balaban J connectivity index is 0.00000240. The largest absolute Gasteiger partial charge is 0.383 e. The monoisotopic (exact) mass is 392 g/mol. The molecule has 7 nitrogen and oxygen atoms in total. The van der Waals surface area contributed by atoms with Crippen molar-refractivity contribution in [2.24, 2.45) is 0 Å². The number of fused-ring (bicyclic) bond motifs is 1. The Morgan fingerprint density at radius 3 is 2.79 bits per heavy atom. The quantitative estimate of drug-likeness (QED) is 0.616. The average Bonchev–Trinajstić information content (AvgIpc) is 2.73. The van der Waals surface area contributed by atoms with E-state index in [1.165, 1.54) is 0 Å². The van der Waals surface area contributed by atoms with E-state index in [2.05, 4.69) is 25.5 Å². The molecule has 0 bridgehead atoms. The van der Waals surface area contributed by atoms with E-state index in [0.717, 1.165) is 54.6 Å². The highest BCUT2D eigenvalue weighted by Gasteiger charge is 2.12. The van der Waals surface area contributed by atoms with Gasteiger partial charge in [0, 0.05) is 63.2 Å². The molecule has 1 aliphatic heterocycles. The minimum absolute atomic E-state index is 0. The molecule has 152 valence electrons. The van der Waals surface area contributed by atoms with Crippen LogP contribution in [-0.2, 0) is 13.1 Å². The van der Waals surface area contributed by atoms with Crippen molar-refractivity contribution in [3.63, 3.8) is 0 Å². The predicted octanol–water partition coefficient (Wildman–Crippen LogP) is 2.18. The van der Waals surface area contributed by atoms with Gasteiger partial charge in [0.1, 0.15) is 5.82 Å². The highest BCUT2D eigenvalue weighted by Crippen LogP contribution is 2.20. The molecule has 0 radical (unpaired) electrons. The first kappa shape index (κ1) is 20.7. The molecule has 0 unspecified atom stereocenters. The smallest absolute Gasteiger partial charge is 0.253 e. The van der Waals surface area contributed by atoms with Gasteiger partial charge in [0.25, 0.3) is 5.91 Å². The summed E-state index contributed by atoms with van der Waals surface area (Å²) in [4.78, 5) is 23.3. The van der Waals surface area contributed by atoms with Crippen LogP contribution in [0.15, 0.2) is 48.9 Å². The number of anilines is 1. The standard InChI is InChI=1S/C21H24N6O.CH4/c22-20-19-2-1-15(9-17(19)3-4-25-20)12-26-21(28)18-10-16(11-24-13-18)14-27-7-5-23-6-8-27;/h1-4,9-11,13,23H,5-8,12,14H2,(H2,22,25)(H,26,28);1H4. The summed E-state index contributed by atoms with van der Waals surface area (Å²) in [5.74, 6) is 0.393. The second-order valence-corrected chi connectivity index (χ2v) is 7.04. The van der Waals surface area contributed by atoms with Gasteiger partial charge in [-0.2, -0.15) is 0 Å². The lowest BCUT2D eigenvalue weighted by Gasteiger charge is -2.27. The van der Waals surface area contributed by atoms with Gasteiger partial charge in [-0.25, -0.2) is 4.98 Å². The Morgan fingerprint density at radius 1 is 1.14 bits per heavy atom. The van der Waals surface area contributed by atoms with E-state index in [-0.39, 0.29) is 13.3 Å². The maximum atomic E-state index is 12.6. The van der Waals surface area contributed by atoms with Gasteiger partial charge in [-0.1, -0.05) is 19.6 Å². The number of carbonyl (C=O) groups is 1. The molecule has 3 aromatic rings.